The van der Waals surface area contributed by atoms with Crippen LogP contribution in [0.5, 0.6) is 0 Å². The Labute approximate surface area is 88.7 Å². The predicted octanol–water partition coefficient (Wildman–Crippen LogP) is 2.36. The number of carbonyl (C=O) groups excluding carboxylic acids is 1. The summed E-state index contributed by atoms with van der Waals surface area (Å²) >= 11 is 0. The number of rotatable bonds is 5. The van der Waals surface area contributed by atoms with Crippen LogP contribution in [0.25, 0.3) is 0 Å². The Morgan fingerprint density at radius 2 is 1.93 bits per heavy atom. The first-order chi connectivity index (χ1) is 7.05. The van der Waals surface area contributed by atoms with E-state index in [1.807, 2.05) is 6.07 Å². The van der Waals surface area contributed by atoms with Gasteiger partial charge < -0.3 is 9.05 Å². The van der Waals surface area contributed by atoms with Gasteiger partial charge in [0.15, 0.2) is 5.78 Å². The molecule has 1 atom stereocenters. The van der Waals surface area contributed by atoms with E-state index < -0.39 is 7.60 Å². The SMILES string of the molecule is COP(C)(=O)OCC(=O)c1ccccc1. The molecule has 82 valence electrons. The number of hydrogen-bond donors (Lipinski definition) is 0. The van der Waals surface area contributed by atoms with Crippen molar-refractivity contribution < 1.29 is 18.4 Å². The molecule has 1 rings (SSSR count). The van der Waals surface area contributed by atoms with Crippen LogP contribution in [-0.2, 0) is 13.6 Å². The smallest absolute Gasteiger partial charge is 0.312 e. The molecular formula is C10H13O4P. The summed E-state index contributed by atoms with van der Waals surface area (Å²) in [4.78, 5) is 11.5. The zero-order chi connectivity index (χ0) is 11.3. The minimum absolute atomic E-state index is 0.213. The quantitative estimate of drug-likeness (QED) is 0.573. The van der Waals surface area contributed by atoms with Crippen molar-refractivity contribution >= 4 is 13.4 Å². The summed E-state index contributed by atoms with van der Waals surface area (Å²) in [6.45, 7) is 1.09. The summed E-state index contributed by atoms with van der Waals surface area (Å²) in [6.07, 6.45) is 0. The first kappa shape index (κ1) is 12.1. The molecular weight excluding hydrogens is 215 g/mol. The lowest BCUT2D eigenvalue weighted by Crippen LogP contribution is -2.07. The summed E-state index contributed by atoms with van der Waals surface area (Å²) in [6, 6.07) is 8.69. The summed E-state index contributed by atoms with van der Waals surface area (Å²) in [5, 5.41) is 0. The molecule has 4 nitrogen and oxygen atoms in total. The first-order valence-corrected chi connectivity index (χ1v) is 6.40. The van der Waals surface area contributed by atoms with E-state index in [4.69, 9.17) is 4.52 Å². The van der Waals surface area contributed by atoms with Crippen molar-refractivity contribution in [2.45, 2.75) is 0 Å². The van der Waals surface area contributed by atoms with Gasteiger partial charge in [0, 0.05) is 19.3 Å². The predicted molar refractivity (Wildman–Crippen MR) is 57.3 cm³/mol. The van der Waals surface area contributed by atoms with Crippen LogP contribution in [0.3, 0.4) is 0 Å². The second-order valence-corrected chi connectivity index (χ2v) is 5.18. The average molecular weight is 228 g/mol. The fourth-order valence-electron chi connectivity index (χ4n) is 0.936. The monoisotopic (exact) mass is 228 g/mol. The fraction of sp³-hybridized carbons (Fsp3) is 0.300. The van der Waals surface area contributed by atoms with Crippen LogP contribution in [0.15, 0.2) is 30.3 Å². The van der Waals surface area contributed by atoms with Gasteiger partial charge >= 0.3 is 7.60 Å². The minimum atomic E-state index is -3.07. The fourth-order valence-corrected chi connectivity index (χ4v) is 1.39. The van der Waals surface area contributed by atoms with E-state index in [2.05, 4.69) is 4.52 Å². The van der Waals surface area contributed by atoms with E-state index in [1.165, 1.54) is 13.8 Å². The number of hydrogen-bond acceptors (Lipinski definition) is 4. The third-order valence-corrected chi connectivity index (χ3v) is 3.12. The van der Waals surface area contributed by atoms with E-state index in [0.717, 1.165) is 0 Å². The Hall–Kier alpha value is -0.960. The number of Topliss-reactive ketones (excluding diaryl/α,β-unsaturated/α-hetero) is 1. The molecule has 0 aliphatic carbocycles. The zero-order valence-electron chi connectivity index (χ0n) is 8.67. The maximum absolute atomic E-state index is 11.5. The van der Waals surface area contributed by atoms with E-state index in [0.29, 0.717) is 5.56 Å². The van der Waals surface area contributed by atoms with Crippen LogP contribution in [0, 0.1) is 0 Å². The molecule has 0 aromatic heterocycles. The lowest BCUT2D eigenvalue weighted by Gasteiger charge is -2.10. The molecule has 0 aliphatic heterocycles. The molecule has 0 fully saturated rings. The third kappa shape index (κ3) is 3.96. The van der Waals surface area contributed by atoms with Gasteiger partial charge in [-0.15, -0.1) is 0 Å². The highest BCUT2D eigenvalue weighted by atomic mass is 31.2. The Morgan fingerprint density at radius 1 is 1.33 bits per heavy atom. The highest BCUT2D eigenvalue weighted by Gasteiger charge is 2.16. The molecule has 1 aromatic rings. The maximum atomic E-state index is 11.5. The van der Waals surface area contributed by atoms with Gasteiger partial charge in [0.05, 0.1) is 0 Å². The summed E-state index contributed by atoms with van der Waals surface area (Å²) in [5.41, 5.74) is 0.536. The summed E-state index contributed by atoms with van der Waals surface area (Å²) in [7, 11) is -1.78. The molecule has 5 heteroatoms. The molecule has 0 heterocycles. The maximum Gasteiger partial charge on any atom is 0.327 e. The highest BCUT2D eigenvalue weighted by Crippen LogP contribution is 2.42. The van der Waals surface area contributed by atoms with Gasteiger partial charge in [0.2, 0.25) is 0 Å². The van der Waals surface area contributed by atoms with Crippen molar-refractivity contribution in [2.24, 2.45) is 0 Å². The second-order valence-electron chi connectivity index (χ2n) is 3.02. The van der Waals surface area contributed by atoms with Gasteiger partial charge in [-0.1, -0.05) is 30.3 Å². The number of ketones is 1. The molecule has 0 saturated carbocycles. The van der Waals surface area contributed by atoms with Gasteiger partial charge in [-0.2, -0.15) is 0 Å². The van der Waals surface area contributed by atoms with Crippen LogP contribution >= 0.6 is 7.60 Å². The van der Waals surface area contributed by atoms with Gasteiger partial charge in [0.25, 0.3) is 0 Å². The normalized spacial score (nSPS) is 14.5. The van der Waals surface area contributed by atoms with Crippen LogP contribution in [0.1, 0.15) is 10.4 Å². The largest absolute Gasteiger partial charge is 0.327 e. The van der Waals surface area contributed by atoms with Gasteiger partial charge in [-0.3, -0.25) is 9.36 Å². The van der Waals surface area contributed by atoms with Gasteiger partial charge in [-0.05, 0) is 0 Å². The number of carbonyl (C=O) groups is 1. The Morgan fingerprint density at radius 3 is 2.47 bits per heavy atom. The van der Waals surface area contributed by atoms with E-state index >= 15 is 0 Å². The molecule has 0 spiro atoms. The van der Waals surface area contributed by atoms with Crippen molar-refractivity contribution in [1.82, 2.24) is 0 Å². The lowest BCUT2D eigenvalue weighted by atomic mass is 10.1. The first-order valence-electron chi connectivity index (χ1n) is 4.41. The summed E-state index contributed by atoms with van der Waals surface area (Å²) in [5.74, 6) is -0.213. The van der Waals surface area contributed by atoms with Crippen LogP contribution in [0.4, 0.5) is 0 Å². The average Bonchev–Trinajstić information content (AvgIpc) is 2.27. The van der Waals surface area contributed by atoms with Crippen LogP contribution < -0.4 is 0 Å². The molecule has 0 amide bonds. The molecule has 0 bridgehead atoms. The van der Waals surface area contributed by atoms with Crippen molar-refractivity contribution in [2.75, 3.05) is 20.4 Å². The standard InChI is InChI=1S/C10H13O4P/c1-13-15(2,12)14-8-10(11)9-6-4-3-5-7-9/h3-7H,8H2,1-2H3. The Bertz CT molecular complexity index is 374. The van der Waals surface area contributed by atoms with Crippen molar-refractivity contribution in [3.63, 3.8) is 0 Å². The van der Waals surface area contributed by atoms with E-state index in [9.17, 15) is 9.36 Å². The van der Waals surface area contributed by atoms with Gasteiger partial charge in [0.1, 0.15) is 6.61 Å². The Kier molecular flexibility index (Phi) is 4.21. The van der Waals surface area contributed by atoms with Crippen molar-refractivity contribution in [1.29, 1.82) is 0 Å². The molecule has 0 aliphatic rings. The molecule has 1 aromatic carbocycles. The molecule has 1 unspecified atom stereocenters. The number of benzene rings is 1. The second kappa shape index (κ2) is 5.21. The third-order valence-electron chi connectivity index (χ3n) is 1.86. The molecule has 15 heavy (non-hydrogen) atoms. The molecule has 0 N–H and O–H groups in total. The van der Waals surface area contributed by atoms with Crippen LogP contribution in [-0.4, -0.2) is 26.2 Å². The van der Waals surface area contributed by atoms with E-state index in [-0.39, 0.29) is 12.4 Å². The topological polar surface area (TPSA) is 52.6 Å². The van der Waals surface area contributed by atoms with Crippen LogP contribution in [0.2, 0.25) is 0 Å². The van der Waals surface area contributed by atoms with Crippen molar-refractivity contribution in [3.8, 4) is 0 Å². The van der Waals surface area contributed by atoms with Crippen molar-refractivity contribution in [3.05, 3.63) is 35.9 Å². The summed E-state index contributed by atoms with van der Waals surface area (Å²) < 4.78 is 20.8. The minimum Gasteiger partial charge on any atom is -0.312 e. The van der Waals surface area contributed by atoms with E-state index in [1.54, 1.807) is 24.3 Å². The molecule has 0 saturated heterocycles. The Balaban J connectivity index is 2.55. The zero-order valence-corrected chi connectivity index (χ0v) is 9.57. The highest BCUT2D eigenvalue weighted by molar-refractivity contribution is 7.52. The lowest BCUT2D eigenvalue weighted by molar-refractivity contribution is 0.0906. The van der Waals surface area contributed by atoms with Gasteiger partial charge in [-0.25, -0.2) is 0 Å². The molecule has 0 radical (unpaired) electrons.